The zero-order chi connectivity index (χ0) is 17.9. The second kappa shape index (κ2) is 6.87. The lowest BCUT2D eigenvalue weighted by atomic mass is 9.69. The third-order valence-corrected chi connectivity index (χ3v) is 4.52. The summed E-state index contributed by atoms with van der Waals surface area (Å²) in [5.41, 5.74) is 2.45. The topological polar surface area (TPSA) is 72.7 Å². The Labute approximate surface area is 147 Å². The number of hydrogen-bond acceptors (Lipinski definition) is 4. The van der Waals surface area contributed by atoms with Crippen LogP contribution in [0.2, 0.25) is 0 Å². The molecule has 4 N–H and O–H groups in total. The van der Waals surface area contributed by atoms with E-state index in [4.69, 9.17) is 0 Å². The first-order valence-electron chi connectivity index (χ1n) is 8.09. The second-order valence-corrected chi connectivity index (χ2v) is 6.08. The third kappa shape index (κ3) is 3.16. The fraction of sp³-hybridized carbons (Fsp3) is 0.143. The molecule has 0 aromatic heterocycles. The van der Waals surface area contributed by atoms with Gasteiger partial charge in [-0.15, -0.1) is 0 Å². The molecule has 0 fully saturated rings. The number of nitrogens with one attached hydrogen (secondary N) is 1. The van der Waals surface area contributed by atoms with Crippen LogP contribution in [0.4, 0.5) is 0 Å². The molecule has 0 aliphatic carbocycles. The van der Waals surface area contributed by atoms with Gasteiger partial charge in [0.15, 0.2) is 0 Å². The van der Waals surface area contributed by atoms with Crippen LogP contribution < -0.4 is 5.32 Å². The van der Waals surface area contributed by atoms with E-state index >= 15 is 0 Å². The quantitative estimate of drug-likeness (QED) is 0.540. The number of phenolic OH excluding ortho intramolecular Hbond substituents is 3. The van der Waals surface area contributed by atoms with E-state index in [-0.39, 0.29) is 17.2 Å². The lowest BCUT2D eigenvalue weighted by molar-refractivity contribution is 0.472. The Hall–Kier alpha value is -2.98. The van der Waals surface area contributed by atoms with Gasteiger partial charge in [-0.05, 0) is 60.1 Å². The molecule has 0 saturated heterocycles. The van der Waals surface area contributed by atoms with Crippen molar-refractivity contribution in [1.82, 2.24) is 5.32 Å². The highest BCUT2D eigenvalue weighted by molar-refractivity contribution is 5.53. The predicted molar refractivity (Wildman–Crippen MR) is 98.1 cm³/mol. The highest BCUT2D eigenvalue weighted by Crippen LogP contribution is 2.40. The molecule has 0 saturated carbocycles. The van der Waals surface area contributed by atoms with Crippen LogP contribution in [0.25, 0.3) is 0 Å². The summed E-state index contributed by atoms with van der Waals surface area (Å²) in [7, 11) is 1.88. The first-order chi connectivity index (χ1) is 12.1. The SMILES string of the molecule is CNCC(c1ccc(O)cc1)(c1ccc(O)cc1)c1ccc(O)cc1. The molecule has 3 aromatic carbocycles. The van der Waals surface area contributed by atoms with Gasteiger partial charge in [0.1, 0.15) is 17.2 Å². The van der Waals surface area contributed by atoms with E-state index in [0.29, 0.717) is 6.54 Å². The van der Waals surface area contributed by atoms with E-state index in [1.165, 1.54) is 0 Å². The summed E-state index contributed by atoms with van der Waals surface area (Å²) in [6.07, 6.45) is 0. The highest BCUT2D eigenvalue weighted by atomic mass is 16.3. The molecular formula is C21H21NO3. The second-order valence-electron chi connectivity index (χ2n) is 6.08. The first-order valence-corrected chi connectivity index (χ1v) is 8.09. The molecule has 0 spiro atoms. The van der Waals surface area contributed by atoms with Crippen molar-refractivity contribution in [3.05, 3.63) is 89.5 Å². The van der Waals surface area contributed by atoms with Crippen molar-refractivity contribution in [3.8, 4) is 17.2 Å². The van der Waals surface area contributed by atoms with E-state index < -0.39 is 5.41 Å². The van der Waals surface area contributed by atoms with Crippen molar-refractivity contribution in [1.29, 1.82) is 0 Å². The minimum atomic E-state index is -0.538. The van der Waals surface area contributed by atoms with Gasteiger partial charge in [-0.1, -0.05) is 36.4 Å². The summed E-state index contributed by atoms with van der Waals surface area (Å²) in [6.45, 7) is 0.604. The Morgan fingerprint density at radius 1 is 0.600 bits per heavy atom. The number of benzene rings is 3. The van der Waals surface area contributed by atoms with Crippen molar-refractivity contribution in [2.45, 2.75) is 5.41 Å². The molecule has 0 aliphatic heterocycles. The number of likely N-dealkylation sites (N-methyl/N-ethyl adjacent to an activating group) is 1. The summed E-state index contributed by atoms with van der Waals surface area (Å²) in [4.78, 5) is 0. The lowest BCUT2D eigenvalue weighted by Crippen LogP contribution is -2.39. The molecule has 128 valence electrons. The van der Waals surface area contributed by atoms with Gasteiger partial charge in [-0.25, -0.2) is 0 Å². The van der Waals surface area contributed by atoms with Crippen LogP contribution in [0.1, 0.15) is 16.7 Å². The Bertz CT molecular complexity index is 714. The minimum absolute atomic E-state index is 0.207. The van der Waals surface area contributed by atoms with Gasteiger partial charge >= 0.3 is 0 Å². The number of phenols is 3. The molecular weight excluding hydrogens is 314 g/mol. The van der Waals surface area contributed by atoms with Crippen LogP contribution in [-0.4, -0.2) is 28.9 Å². The first kappa shape index (κ1) is 16.9. The lowest BCUT2D eigenvalue weighted by Gasteiger charge is -2.36. The molecule has 0 aliphatic rings. The summed E-state index contributed by atoms with van der Waals surface area (Å²) >= 11 is 0. The number of rotatable bonds is 5. The van der Waals surface area contributed by atoms with Crippen LogP contribution in [0, 0.1) is 0 Å². The van der Waals surface area contributed by atoms with Crippen molar-refractivity contribution >= 4 is 0 Å². The van der Waals surface area contributed by atoms with Gasteiger partial charge in [-0.3, -0.25) is 0 Å². The zero-order valence-electron chi connectivity index (χ0n) is 14.0. The van der Waals surface area contributed by atoms with E-state index in [1.807, 2.05) is 43.4 Å². The van der Waals surface area contributed by atoms with Crippen LogP contribution >= 0.6 is 0 Å². The van der Waals surface area contributed by atoms with Gasteiger partial charge in [-0.2, -0.15) is 0 Å². The molecule has 0 heterocycles. The molecule has 0 bridgehead atoms. The van der Waals surface area contributed by atoms with Gasteiger partial charge < -0.3 is 20.6 Å². The summed E-state index contributed by atoms with van der Waals surface area (Å²) in [5, 5.41) is 32.3. The maximum atomic E-state index is 9.68. The van der Waals surface area contributed by atoms with Crippen LogP contribution in [0.5, 0.6) is 17.2 Å². The summed E-state index contributed by atoms with van der Waals surface area (Å²) in [5.74, 6) is 0.621. The normalized spacial score (nSPS) is 11.4. The molecule has 0 amide bonds. The maximum Gasteiger partial charge on any atom is 0.115 e. The van der Waals surface area contributed by atoms with Gasteiger partial charge in [0.25, 0.3) is 0 Å². The molecule has 4 nitrogen and oxygen atoms in total. The molecule has 0 unspecified atom stereocenters. The van der Waals surface area contributed by atoms with Crippen LogP contribution in [0.3, 0.4) is 0 Å². The summed E-state index contributed by atoms with van der Waals surface area (Å²) in [6, 6.07) is 21.4. The van der Waals surface area contributed by atoms with Gasteiger partial charge in [0.2, 0.25) is 0 Å². The van der Waals surface area contributed by atoms with E-state index in [0.717, 1.165) is 16.7 Å². The number of aromatic hydroxyl groups is 3. The minimum Gasteiger partial charge on any atom is -0.508 e. The Balaban J connectivity index is 2.28. The summed E-state index contributed by atoms with van der Waals surface area (Å²) < 4.78 is 0. The average Bonchev–Trinajstić information content (AvgIpc) is 2.62. The van der Waals surface area contributed by atoms with Gasteiger partial charge in [0, 0.05) is 6.54 Å². The fourth-order valence-corrected chi connectivity index (χ4v) is 3.31. The van der Waals surface area contributed by atoms with Crippen molar-refractivity contribution in [2.24, 2.45) is 0 Å². The smallest absolute Gasteiger partial charge is 0.115 e. The third-order valence-electron chi connectivity index (χ3n) is 4.52. The molecule has 0 radical (unpaired) electrons. The van der Waals surface area contributed by atoms with Gasteiger partial charge in [0.05, 0.1) is 5.41 Å². The monoisotopic (exact) mass is 335 g/mol. The van der Waals surface area contributed by atoms with Crippen molar-refractivity contribution < 1.29 is 15.3 Å². The van der Waals surface area contributed by atoms with Crippen LogP contribution in [-0.2, 0) is 5.41 Å². The molecule has 3 rings (SSSR count). The average molecular weight is 335 g/mol. The Morgan fingerprint density at radius 2 is 0.880 bits per heavy atom. The largest absolute Gasteiger partial charge is 0.508 e. The predicted octanol–water partition coefficient (Wildman–Crippen LogP) is 3.36. The van der Waals surface area contributed by atoms with E-state index in [9.17, 15) is 15.3 Å². The van der Waals surface area contributed by atoms with Crippen molar-refractivity contribution in [2.75, 3.05) is 13.6 Å². The van der Waals surface area contributed by atoms with E-state index in [2.05, 4.69) is 5.32 Å². The highest BCUT2D eigenvalue weighted by Gasteiger charge is 2.35. The molecule has 3 aromatic rings. The Kier molecular flexibility index (Phi) is 4.63. The number of hydrogen-bond donors (Lipinski definition) is 4. The maximum absolute atomic E-state index is 9.68. The van der Waals surface area contributed by atoms with Crippen LogP contribution in [0.15, 0.2) is 72.8 Å². The fourth-order valence-electron chi connectivity index (χ4n) is 3.31. The molecule has 0 atom stereocenters. The van der Waals surface area contributed by atoms with E-state index in [1.54, 1.807) is 36.4 Å². The zero-order valence-corrected chi connectivity index (χ0v) is 14.0. The van der Waals surface area contributed by atoms with Crippen molar-refractivity contribution in [3.63, 3.8) is 0 Å². The standard InChI is InChI=1S/C21H21NO3/c1-22-14-21(15-2-8-18(23)9-3-15,16-4-10-19(24)11-5-16)17-6-12-20(25)13-7-17/h2-13,22-25H,14H2,1H3. The Morgan fingerprint density at radius 3 is 1.12 bits per heavy atom. The molecule has 4 heteroatoms. The molecule has 25 heavy (non-hydrogen) atoms.